The molecule has 92 valence electrons. The van der Waals surface area contributed by atoms with Crippen molar-refractivity contribution in [3.8, 4) is 0 Å². The van der Waals surface area contributed by atoms with Gasteiger partial charge in [0.25, 0.3) is 0 Å². The maximum absolute atomic E-state index is 5.82. The van der Waals surface area contributed by atoms with Crippen LogP contribution in [0.15, 0.2) is 25.0 Å². The molecule has 1 aliphatic carbocycles. The van der Waals surface area contributed by atoms with E-state index in [1.54, 1.807) is 0 Å². The number of hydrogen-bond acceptors (Lipinski definition) is 1. The second kappa shape index (κ2) is 6.78. The van der Waals surface area contributed by atoms with Gasteiger partial charge in [-0.1, -0.05) is 45.8 Å². The average Bonchev–Trinajstić information content (AvgIpc) is 2.35. The first-order valence-electron chi connectivity index (χ1n) is 6.63. The fraction of sp³-hybridized carbons (Fsp3) is 0.733. The van der Waals surface area contributed by atoms with Crippen LogP contribution in [0.25, 0.3) is 0 Å². The summed E-state index contributed by atoms with van der Waals surface area (Å²) in [4.78, 5) is 0. The number of hydrogen-bond donors (Lipinski definition) is 0. The lowest BCUT2D eigenvalue weighted by Crippen LogP contribution is -2.21. The van der Waals surface area contributed by atoms with E-state index in [1.807, 2.05) is 0 Å². The minimum absolute atomic E-state index is 0.510. The summed E-state index contributed by atoms with van der Waals surface area (Å²) in [6, 6.07) is 0. The number of ether oxygens (including phenoxy) is 1. The van der Waals surface area contributed by atoms with Gasteiger partial charge in [0.2, 0.25) is 0 Å². The Balaban J connectivity index is 2.41. The van der Waals surface area contributed by atoms with Gasteiger partial charge in [-0.25, -0.2) is 0 Å². The van der Waals surface area contributed by atoms with Crippen LogP contribution in [0.2, 0.25) is 0 Å². The van der Waals surface area contributed by atoms with Gasteiger partial charge in [0.15, 0.2) is 0 Å². The van der Waals surface area contributed by atoms with E-state index in [-0.39, 0.29) is 0 Å². The van der Waals surface area contributed by atoms with Crippen LogP contribution in [0.4, 0.5) is 0 Å². The fourth-order valence-corrected chi connectivity index (χ4v) is 2.32. The van der Waals surface area contributed by atoms with E-state index in [1.165, 1.54) is 32.1 Å². The van der Waals surface area contributed by atoms with Crippen LogP contribution in [0, 0.1) is 17.8 Å². The zero-order valence-corrected chi connectivity index (χ0v) is 10.9. The van der Waals surface area contributed by atoms with E-state index < -0.39 is 0 Å². The van der Waals surface area contributed by atoms with Crippen molar-refractivity contribution in [2.24, 2.45) is 17.8 Å². The lowest BCUT2D eigenvalue weighted by atomic mass is 9.78. The Morgan fingerprint density at radius 1 is 1.44 bits per heavy atom. The zero-order chi connectivity index (χ0) is 12.0. The molecule has 0 bridgehead atoms. The highest BCUT2D eigenvalue weighted by atomic mass is 16.5. The predicted molar refractivity (Wildman–Crippen MR) is 70.2 cm³/mol. The standard InChI is InChI=1S/C15H26O/c1-5-12(3)11-16-13(4)15-10-8-7-9-14(15)6-2/h6,12,14-15H,2,4-5,7-11H2,1,3H3. The van der Waals surface area contributed by atoms with Crippen molar-refractivity contribution in [1.29, 1.82) is 0 Å². The molecule has 0 saturated heterocycles. The summed E-state index contributed by atoms with van der Waals surface area (Å²) in [6.45, 7) is 13.3. The van der Waals surface area contributed by atoms with E-state index in [9.17, 15) is 0 Å². The molecule has 0 amide bonds. The second-order valence-electron chi connectivity index (χ2n) is 5.08. The predicted octanol–water partition coefficient (Wildman–Crippen LogP) is 4.56. The SMILES string of the molecule is C=CC1CCCCC1C(=C)OCC(C)CC. The van der Waals surface area contributed by atoms with Gasteiger partial charge < -0.3 is 4.74 Å². The molecule has 1 heteroatoms. The van der Waals surface area contributed by atoms with Crippen molar-refractivity contribution in [2.75, 3.05) is 6.61 Å². The molecule has 3 unspecified atom stereocenters. The molecular weight excluding hydrogens is 196 g/mol. The van der Waals surface area contributed by atoms with Gasteiger partial charge in [0.1, 0.15) is 0 Å². The molecule has 0 aromatic heterocycles. The minimum Gasteiger partial charge on any atom is -0.498 e. The molecule has 1 rings (SSSR count). The minimum atomic E-state index is 0.510. The van der Waals surface area contributed by atoms with Gasteiger partial charge in [0, 0.05) is 5.92 Å². The molecule has 0 spiro atoms. The van der Waals surface area contributed by atoms with Gasteiger partial charge in [-0.15, -0.1) is 6.58 Å². The van der Waals surface area contributed by atoms with Gasteiger partial charge in [-0.05, 0) is 24.7 Å². The van der Waals surface area contributed by atoms with Crippen LogP contribution in [0.1, 0.15) is 46.0 Å². The van der Waals surface area contributed by atoms with Gasteiger partial charge >= 0.3 is 0 Å². The van der Waals surface area contributed by atoms with E-state index in [0.29, 0.717) is 17.8 Å². The summed E-state index contributed by atoms with van der Waals surface area (Å²) in [7, 11) is 0. The molecule has 1 nitrogen and oxygen atoms in total. The van der Waals surface area contributed by atoms with Crippen LogP contribution in [0.5, 0.6) is 0 Å². The molecule has 0 aliphatic heterocycles. The van der Waals surface area contributed by atoms with Crippen molar-refractivity contribution in [2.45, 2.75) is 46.0 Å². The third-order valence-electron chi connectivity index (χ3n) is 3.79. The molecule has 0 N–H and O–H groups in total. The van der Waals surface area contributed by atoms with E-state index in [0.717, 1.165) is 12.4 Å². The Kier molecular flexibility index (Phi) is 5.65. The van der Waals surface area contributed by atoms with Crippen molar-refractivity contribution >= 4 is 0 Å². The Hall–Kier alpha value is -0.720. The molecule has 0 aromatic rings. The first-order valence-corrected chi connectivity index (χ1v) is 6.63. The Bertz CT molecular complexity index is 232. The zero-order valence-electron chi connectivity index (χ0n) is 10.9. The van der Waals surface area contributed by atoms with E-state index in [2.05, 4.69) is 33.1 Å². The first-order chi connectivity index (χ1) is 7.69. The molecule has 16 heavy (non-hydrogen) atoms. The van der Waals surface area contributed by atoms with E-state index in [4.69, 9.17) is 4.74 Å². The lowest BCUT2D eigenvalue weighted by molar-refractivity contribution is 0.119. The maximum atomic E-state index is 5.82. The highest BCUT2D eigenvalue weighted by Crippen LogP contribution is 2.35. The van der Waals surface area contributed by atoms with E-state index >= 15 is 0 Å². The summed E-state index contributed by atoms with van der Waals surface area (Å²) in [5.41, 5.74) is 0. The topological polar surface area (TPSA) is 9.23 Å². The fourth-order valence-electron chi connectivity index (χ4n) is 2.32. The van der Waals surface area contributed by atoms with Crippen molar-refractivity contribution in [1.82, 2.24) is 0 Å². The smallest absolute Gasteiger partial charge is 0.0925 e. The van der Waals surface area contributed by atoms with Crippen LogP contribution in [-0.2, 0) is 4.74 Å². The molecule has 3 atom stereocenters. The number of allylic oxidation sites excluding steroid dienone is 2. The van der Waals surface area contributed by atoms with Crippen molar-refractivity contribution in [3.05, 3.63) is 25.0 Å². The average molecular weight is 222 g/mol. The largest absolute Gasteiger partial charge is 0.498 e. The van der Waals surface area contributed by atoms with Crippen LogP contribution < -0.4 is 0 Å². The second-order valence-corrected chi connectivity index (χ2v) is 5.08. The summed E-state index contributed by atoms with van der Waals surface area (Å²) < 4.78 is 5.82. The Labute approximate surface area is 101 Å². The van der Waals surface area contributed by atoms with Gasteiger partial charge in [0.05, 0.1) is 12.4 Å². The monoisotopic (exact) mass is 222 g/mol. The molecule has 0 heterocycles. The molecule has 0 aromatic carbocycles. The van der Waals surface area contributed by atoms with Gasteiger partial charge in [-0.3, -0.25) is 0 Å². The maximum Gasteiger partial charge on any atom is 0.0925 e. The molecular formula is C15H26O. The third-order valence-corrected chi connectivity index (χ3v) is 3.79. The quantitative estimate of drug-likeness (QED) is 0.473. The summed E-state index contributed by atoms with van der Waals surface area (Å²) in [5.74, 6) is 2.71. The molecule has 0 radical (unpaired) electrons. The van der Waals surface area contributed by atoms with Crippen LogP contribution in [-0.4, -0.2) is 6.61 Å². The normalized spacial score (nSPS) is 27.1. The summed E-state index contributed by atoms with van der Waals surface area (Å²) >= 11 is 0. The molecule has 1 fully saturated rings. The first kappa shape index (κ1) is 13.3. The lowest BCUT2D eigenvalue weighted by Gasteiger charge is -2.31. The Morgan fingerprint density at radius 2 is 2.12 bits per heavy atom. The van der Waals surface area contributed by atoms with Crippen molar-refractivity contribution < 1.29 is 4.74 Å². The number of rotatable bonds is 6. The summed E-state index contributed by atoms with van der Waals surface area (Å²) in [5, 5.41) is 0. The molecule has 1 aliphatic rings. The highest BCUT2D eigenvalue weighted by molar-refractivity contribution is 5.01. The third kappa shape index (κ3) is 3.70. The molecule has 1 saturated carbocycles. The van der Waals surface area contributed by atoms with Crippen molar-refractivity contribution in [3.63, 3.8) is 0 Å². The van der Waals surface area contributed by atoms with Crippen LogP contribution >= 0.6 is 0 Å². The summed E-state index contributed by atoms with van der Waals surface area (Å²) in [6.07, 6.45) is 8.35. The van der Waals surface area contributed by atoms with Crippen LogP contribution in [0.3, 0.4) is 0 Å². The highest BCUT2D eigenvalue weighted by Gasteiger charge is 2.26. The Morgan fingerprint density at radius 3 is 2.75 bits per heavy atom. The van der Waals surface area contributed by atoms with Gasteiger partial charge in [-0.2, -0.15) is 0 Å².